The molecule has 1 unspecified atom stereocenters. The maximum atomic E-state index is 11.0. The Hall–Kier alpha value is -1.62. The van der Waals surface area contributed by atoms with Crippen molar-refractivity contribution < 1.29 is 4.79 Å². The summed E-state index contributed by atoms with van der Waals surface area (Å²) in [6.07, 6.45) is 3.36. The molecular formula is C10H14N4O. The van der Waals surface area contributed by atoms with Crippen LogP contribution in [-0.4, -0.2) is 30.5 Å². The van der Waals surface area contributed by atoms with Crippen molar-refractivity contribution in [2.24, 2.45) is 0 Å². The number of nitrogen functional groups attached to an aromatic ring is 1. The number of rotatable bonds is 3. The number of nitrogens with two attached hydrogens (primary N) is 1. The van der Waals surface area contributed by atoms with Gasteiger partial charge in [0.2, 0.25) is 6.41 Å². The fraction of sp³-hybridized carbons (Fsp3) is 0.400. The van der Waals surface area contributed by atoms with Crippen molar-refractivity contribution in [1.82, 2.24) is 10.3 Å². The van der Waals surface area contributed by atoms with Crippen molar-refractivity contribution in [3.05, 3.63) is 18.3 Å². The second kappa shape index (κ2) is 4.27. The van der Waals surface area contributed by atoms with Crippen molar-refractivity contribution in [3.8, 4) is 0 Å². The molecule has 3 N–H and O–H groups in total. The van der Waals surface area contributed by atoms with Gasteiger partial charge in [0.25, 0.3) is 0 Å². The molecular weight excluding hydrogens is 192 g/mol. The minimum Gasteiger partial charge on any atom is -0.397 e. The van der Waals surface area contributed by atoms with Gasteiger partial charge >= 0.3 is 0 Å². The van der Waals surface area contributed by atoms with Crippen LogP contribution in [-0.2, 0) is 4.79 Å². The van der Waals surface area contributed by atoms with Gasteiger partial charge in [0.15, 0.2) is 0 Å². The lowest BCUT2D eigenvalue weighted by atomic mass is 10.2. The molecule has 0 saturated carbocycles. The highest BCUT2D eigenvalue weighted by molar-refractivity contribution is 5.74. The number of hydrogen-bond acceptors (Lipinski definition) is 4. The Morgan fingerprint density at radius 3 is 3.00 bits per heavy atom. The Balaban J connectivity index is 2.18. The molecule has 0 aromatic carbocycles. The third-order valence-corrected chi connectivity index (χ3v) is 2.58. The number of pyridine rings is 1. The lowest BCUT2D eigenvalue weighted by Gasteiger charge is -2.22. The zero-order valence-electron chi connectivity index (χ0n) is 8.39. The summed E-state index contributed by atoms with van der Waals surface area (Å²) in [7, 11) is 0. The molecule has 1 amide bonds. The van der Waals surface area contributed by atoms with E-state index < -0.39 is 0 Å². The van der Waals surface area contributed by atoms with Crippen molar-refractivity contribution in [2.75, 3.05) is 23.7 Å². The second-order valence-electron chi connectivity index (χ2n) is 3.61. The minimum absolute atomic E-state index is 0.207. The molecule has 1 aromatic heterocycles. The SMILES string of the molecule is Nc1ccc(N(C=O)C2CCNC2)nc1. The topological polar surface area (TPSA) is 71.2 Å². The highest BCUT2D eigenvalue weighted by Gasteiger charge is 2.22. The highest BCUT2D eigenvalue weighted by Crippen LogP contribution is 2.16. The molecule has 5 heteroatoms. The van der Waals surface area contributed by atoms with Crippen LogP contribution in [0.2, 0.25) is 0 Å². The van der Waals surface area contributed by atoms with E-state index >= 15 is 0 Å². The molecule has 1 aliphatic rings. The van der Waals surface area contributed by atoms with Crippen LogP contribution in [0.5, 0.6) is 0 Å². The summed E-state index contributed by atoms with van der Waals surface area (Å²) in [5, 5.41) is 3.22. The van der Waals surface area contributed by atoms with Crippen LogP contribution in [0.4, 0.5) is 11.5 Å². The Morgan fingerprint density at radius 1 is 1.60 bits per heavy atom. The molecule has 0 spiro atoms. The summed E-state index contributed by atoms with van der Waals surface area (Å²) in [6, 6.07) is 3.72. The fourth-order valence-corrected chi connectivity index (χ4v) is 1.75. The van der Waals surface area contributed by atoms with Gasteiger partial charge < -0.3 is 11.1 Å². The van der Waals surface area contributed by atoms with Crippen LogP contribution >= 0.6 is 0 Å². The van der Waals surface area contributed by atoms with Crippen molar-refractivity contribution >= 4 is 17.9 Å². The third-order valence-electron chi connectivity index (χ3n) is 2.58. The van der Waals surface area contributed by atoms with Gasteiger partial charge in [-0.25, -0.2) is 4.98 Å². The third kappa shape index (κ3) is 2.07. The largest absolute Gasteiger partial charge is 0.397 e. The summed E-state index contributed by atoms with van der Waals surface area (Å²) in [5.74, 6) is 0.660. The van der Waals surface area contributed by atoms with Crippen LogP contribution in [0, 0.1) is 0 Å². The smallest absolute Gasteiger partial charge is 0.215 e. The van der Waals surface area contributed by atoms with E-state index in [0.29, 0.717) is 11.5 Å². The van der Waals surface area contributed by atoms with Crippen LogP contribution in [0.3, 0.4) is 0 Å². The van der Waals surface area contributed by atoms with Gasteiger partial charge in [0, 0.05) is 6.54 Å². The zero-order chi connectivity index (χ0) is 10.7. The summed E-state index contributed by atoms with van der Waals surface area (Å²) < 4.78 is 0. The van der Waals surface area contributed by atoms with E-state index in [1.807, 2.05) is 0 Å². The Kier molecular flexibility index (Phi) is 2.82. The van der Waals surface area contributed by atoms with Crippen LogP contribution < -0.4 is 16.0 Å². The maximum Gasteiger partial charge on any atom is 0.215 e. The molecule has 5 nitrogen and oxygen atoms in total. The van der Waals surface area contributed by atoms with Gasteiger partial charge in [0.05, 0.1) is 17.9 Å². The van der Waals surface area contributed by atoms with E-state index in [4.69, 9.17) is 5.73 Å². The first-order valence-electron chi connectivity index (χ1n) is 4.97. The van der Waals surface area contributed by atoms with Gasteiger partial charge in [-0.05, 0) is 25.1 Å². The summed E-state index contributed by atoms with van der Waals surface area (Å²) in [6.45, 7) is 1.77. The average Bonchev–Trinajstić information content (AvgIpc) is 2.75. The molecule has 2 heterocycles. The van der Waals surface area contributed by atoms with E-state index in [-0.39, 0.29) is 6.04 Å². The van der Waals surface area contributed by atoms with Gasteiger partial charge in [-0.3, -0.25) is 9.69 Å². The Bertz CT molecular complexity index is 332. The second-order valence-corrected chi connectivity index (χ2v) is 3.61. The number of hydrogen-bond donors (Lipinski definition) is 2. The first-order valence-corrected chi connectivity index (χ1v) is 4.97. The fourth-order valence-electron chi connectivity index (χ4n) is 1.75. The van der Waals surface area contributed by atoms with Crippen LogP contribution in [0.25, 0.3) is 0 Å². The summed E-state index contributed by atoms with van der Waals surface area (Å²) in [5.41, 5.74) is 6.15. The molecule has 0 aliphatic carbocycles. The zero-order valence-corrected chi connectivity index (χ0v) is 8.39. The first kappa shape index (κ1) is 9.92. The summed E-state index contributed by atoms with van der Waals surface area (Å²) >= 11 is 0. The van der Waals surface area contributed by atoms with E-state index in [2.05, 4.69) is 10.3 Å². The molecule has 1 aliphatic heterocycles. The highest BCUT2D eigenvalue weighted by atomic mass is 16.1. The number of nitrogens with one attached hydrogen (secondary N) is 1. The number of amides is 1. The van der Waals surface area contributed by atoms with Crippen molar-refractivity contribution in [2.45, 2.75) is 12.5 Å². The molecule has 1 atom stereocenters. The Morgan fingerprint density at radius 2 is 2.47 bits per heavy atom. The normalized spacial score (nSPS) is 20.1. The number of carbonyl (C=O) groups excluding carboxylic acids is 1. The molecule has 1 aromatic rings. The molecule has 0 radical (unpaired) electrons. The van der Waals surface area contributed by atoms with Gasteiger partial charge in [-0.1, -0.05) is 0 Å². The monoisotopic (exact) mass is 206 g/mol. The predicted octanol–water partition coefficient (Wildman–Crippen LogP) is -0.0115. The minimum atomic E-state index is 0.207. The van der Waals surface area contributed by atoms with E-state index in [9.17, 15) is 4.79 Å². The predicted molar refractivity (Wildman–Crippen MR) is 58.5 cm³/mol. The van der Waals surface area contributed by atoms with E-state index in [0.717, 1.165) is 25.9 Å². The number of carbonyl (C=O) groups is 1. The summed E-state index contributed by atoms with van der Waals surface area (Å²) in [4.78, 5) is 16.8. The number of nitrogens with zero attached hydrogens (tertiary/aromatic N) is 2. The molecule has 1 saturated heterocycles. The van der Waals surface area contributed by atoms with E-state index in [1.165, 1.54) is 0 Å². The number of anilines is 2. The average molecular weight is 206 g/mol. The lowest BCUT2D eigenvalue weighted by molar-refractivity contribution is -0.107. The van der Waals surface area contributed by atoms with Crippen LogP contribution in [0.15, 0.2) is 18.3 Å². The molecule has 0 bridgehead atoms. The lowest BCUT2D eigenvalue weighted by Crippen LogP contribution is -2.36. The molecule has 15 heavy (non-hydrogen) atoms. The van der Waals surface area contributed by atoms with Gasteiger partial charge in [0.1, 0.15) is 5.82 Å². The number of aromatic nitrogens is 1. The molecule has 80 valence electrons. The van der Waals surface area contributed by atoms with Gasteiger partial charge in [-0.2, -0.15) is 0 Å². The maximum absolute atomic E-state index is 11.0. The van der Waals surface area contributed by atoms with Crippen molar-refractivity contribution in [3.63, 3.8) is 0 Å². The van der Waals surface area contributed by atoms with Crippen molar-refractivity contribution in [1.29, 1.82) is 0 Å². The quantitative estimate of drug-likeness (QED) is 0.682. The van der Waals surface area contributed by atoms with Crippen LogP contribution in [0.1, 0.15) is 6.42 Å². The first-order chi connectivity index (χ1) is 7.31. The van der Waals surface area contributed by atoms with Gasteiger partial charge in [-0.15, -0.1) is 0 Å². The molecule has 2 rings (SSSR count). The Labute approximate surface area is 88.3 Å². The standard InChI is InChI=1S/C10H14N4O/c11-8-1-2-10(13-5-8)14(7-15)9-3-4-12-6-9/h1-2,5,7,9,12H,3-4,6,11H2. The molecule has 1 fully saturated rings. The van der Waals surface area contributed by atoms with E-state index in [1.54, 1.807) is 23.2 Å².